The van der Waals surface area contributed by atoms with E-state index in [2.05, 4.69) is 0 Å². The Morgan fingerprint density at radius 2 is 2.08 bits per heavy atom. The zero-order valence-electron chi connectivity index (χ0n) is 7.56. The summed E-state index contributed by atoms with van der Waals surface area (Å²) >= 11 is 0. The number of carbonyl (C=O) groups is 1. The minimum absolute atomic E-state index is 0.0394. The standard InChI is InChI=1S/C11H11FO/c1-7-5-6-8-3-2-4-9(13)10(8)11(7)12/h5-6H,2-4H2,1H3. The molecule has 1 aromatic carbocycles. The summed E-state index contributed by atoms with van der Waals surface area (Å²) in [5.74, 6) is -0.357. The van der Waals surface area contributed by atoms with Gasteiger partial charge in [0, 0.05) is 6.42 Å². The second-order valence-corrected chi connectivity index (χ2v) is 3.51. The Balaban J connectivity index is 2.65. The van der Waals surface area contributed by atoms with Crippen molar-refractivity contribution in [2.45, 2.75) is 26.2 Å². The van der Waals surface area contributed by atoms with Crippen molar-refractivity contribution in [1.29, 1.82) is 0 Å². The number of halogens is 1. The molecule has 0 saturated carbocycles. The summed E-state index contributed by atoms with van der Waals surface area (Å²) in [4.78, 5) is 11.4. The van der Waals surface area contributed by atoms with Gasteiger partial charge in [0.05, 0.1) is 5.56 Å². The van der Waals surface area contributed by atoms with Gasteiger partial charge in [-0.05, 0) is 30.9 Å². The third-order valence-electron chi connectivity index (χ3n) is 2.55. The van der Waals surface area contributed by atoms with Crippen molar-refractivity contribution in [3.05, 3.63) is 34.6 Å². The van der Waals surface area contributed by atoms with Gasteiger partial charge in [-0.25, -0.2) is 4.39 Å². The Morgan fingerprint density at radius 3 is 2.85 bits per heavy atom. The van der Waals surface area contributed by atoms with Gasteiger partial charge in [0.25, 0.3) is 0 Å². The SMILES string of the molecule is Cc1ccc2c(c1F)C(=O)CCC2. The maximum Gasteiger partial charge on any atom is 0.166 e. The van der Waals surface area contributed by atoms with Crippen LogP contribution >= 0.6 is 0 Å². The van der Waals surface area contributed by atoms with Crippen LogP contribution in [-0.4, -0.2) is 5.78 Å². The number of ketones is 1. The molecule has 0 aromatic heterocycles. The van der Waals surface area contributed by atoms with Crippen molar-refractivity contribution < 1.29 is 9.18 Å². The molecule has 0 saturated heterocycles. The largest absolute Gasteiger partial charge is 0.294 e. The average Bonchev–Trinajstić information content (AvgIpc) is 2.12. The fourth-order valence-corrected chi connectivity index (χ4v) is 1.79. The maximum absolute atomic E-state index is 13.5. The second-order valence-electron chi connectivity index (χ2n) is 3.51. The van der Waals surface area contributed by atoms with Crippen LogP contribution < -0.4 is 0 Å². The van der Waals surface area contributed by atoms with E-state index < -0.39 is 0 Å². The van der Waals surface area contributed by atoms with E-state index in [0.29, 0.717) is 17.5 Å². The first-order chi connectivity index (χ1) is 6.20. The Hall–Kier alpha value is -1.18. The summed E-state index contributed by atoms with van der Waals surface area (Å²) in [5.41, 5.74) is 1.78. The quantitative estimate of drug-likeness (QED) is 0.597. The summed E-state index contributed by atoms with van der Waals surface area (Å²) in [6, 6.07) is 3.61. The summed E-state index contributed by atoms with van der Waals surface area (Å²) in [5, 5.41) is 0. The summed E-state index contributed by atoms with van der Waals surface area (Å²) in [6.45, 7) is 1.69. The van der Waals surface area contributed by atoms with E-state index in [9.17, 15) is 9.18 Å². The minimum atomic E-state index is -0.317. The number of benzene rings is 1. The van der Waals surface area contributed by atoms with Gasteiger partial charge in [-0.3, -0.25) is 4.79 Å². The lowest BCUT2D eigenvalue weighted by Crippen LogP contribution is -2.13. The molecule has 0 radical (unpaired) electrons. The highest BCUT2D eigenvalue weighted by molar-refractivity contribution is 5.98. The van der Waals surface area contributed by atoms with Crippen LogP contribution in [0.4, 0.5) is 4.39 Å². The molecule has 0 spiro atoms. The third-order valence-corrected chi connectivity index (χ3v) is 2.55. The van der Waals surface area contributed by atoms with Crippen molar-refractivity contribution in [1.82, 2.24) is 0 Å². The van der Waals surface area contributed by atoms with Crippen LogP contribution in [0.5, 0.6) is 0 Å². The molecular weight excluding hydrogens is 167 g/mol. The third kappa shape index (κ3) is 1.26. The lowest BCUT2D eigenvalue weighted by atomic mass is 9.89. The Bertz CT molecular complexity index is 369. The van der Waals surface area contributed by atoms with Crippen LogP contribution in [0, 0.1) is 12.7 Å². The molecule has 1 aliphatic rings. The minimum Gasteiger partial charge on any atom is -0.294 e. The highest BCUT2D eigenvalue weighted by Gasteiger charge is 2.21. The van der Waals surface area contributed by atoms with Gasteiger partial charge in [-0.15, -0.1) is 0 Å². The van der Waals surface area contributed by atoms with Crippen molar-refractivity contribution in [3.63, 3.8) is 0 Å². The van der Waals surface area contributed by atoms with Crippen LogP contribution in [0.3, 0.4) is 0 Å². The van der Waals surface area contributed by atoms with Crippen molar-refractivity contribution >= 4 is 5.78 Å². The predicted molar refractivity (Wildman–Crippen MR) is 48.4 cm³/mol. The molecule has 2 rings (SSSR count). The highest BCUT2D eigenvalue weighted by atomic mass is 19.1. The molecule has 2 heteroatoms. The number of aryl methyl sites for hydroxylation is 2. The molecule has 0 bridgehead atoms. The molecule has 13 heavy (non-hydrogen) atoms. The van der Waals surface area contributed by atoms with Gasteiger partial charge < -0.3 is 0 Å². The first-order valence-electron chi connectivity index (χ1n) is 4.51. The van der Waals surface area contributed by atoms with Crippen LogP contribution in [-0.2, 0) is 6.42 Å². The number of carbonyl (C=O) groups excluding carboxylic acids is 1. The van der Waals surface area contributed by atoms with E-state index >= 15 is 0 Å². The molecule has 0 heterocycles. The summed E-state index contributed by atoms with van der Waals surface area (Å²) in [7, 11) is 0. The Labute approximate surface area is 76.6 Å². The molecule has 0 aliphatic heterocycles. The molecule has 0 atom stereocenters. The van der Waals surface area contributed by atoms with Crippen LogP contribution in [0.15, 0.2) is 12.1 Å². The van der Waals surface area contributed by atoms with E-state index in [-0.39, 0.29) is 11.6 Å². The number of rotatable bonds is 0. The normalized spacial score (nSPS) is 15.7. The van der Waals surface area contributed by atoms with Gasteiger partial charge in [-0.1, -0.05) is 12.1 Å². The highest BCUT2D eigenvalue weighted by Crippen LogP contribution is 2.25. The van der Waals surface area contributed by atoms with Crippen molar-refractivity contribution in [2.75, 3.05) is 0 Å². The number of Topliss-reactive ketones (excluding diaryl/α,β-unsaturated/α-hetero) is 1. The lowest BCUT2D eigenvalue weighted by Gasteiger charge is -2.15. The molecule has 1 aromatic rings. The molecular formula is C11H11FO. The van der Waals surface area contributed by atoms with Gasteiger partial charge in [0.2, 0.25) is 0 Å². The number of fused-ring (bicyclic) bond motifs is 1. The van der Waals surface area contributed by atoms with E-state index in [0.717, 1.165) is 18.4 Å². The average molecular weight is 178 g/mol. The number of hydrogen-bond acceptors (Lipinski definition) is 1. The van der Waals surface area contributed by atoms with Gasteiger partial charge in [-0.2, -0.15) is 0 Å². The fourth-order valence-electron chi connectivity index (χ4n) is 1.79. The maximum atomic E-state index is 13.5. The van der Waals surface area contributed by atoms with E-state index in [4.69, 9.17) is 0 Å². The molecule has 1 nitrogen and oxygen atoms in total. The molecule has 0 N–H and O–H groups in total. The predicted octanol–water partition coefficient (Wildman–Crippen LogP) is 2.65. The second kappa shape index (κ2) is 2.95. The van der Waals surface area contributed by atoms with E-state index in [1.807, 2.05) is 6.07 Å². The van der Waals surface area contributed by atoms with Crippen molar-refractivity contribution in [3.8, 4) is 0 Å². The monoisotopic (exact) mass is 178 g/mol. The topological polar surface area (TPSA) is 17.1 Å². The number of hydrogen-bond donors (Lipinski definition) is 0. The fraction of sp³-hybridized carbons (Fsp3) is 0.364. The molecule has 0 amide bonds. The van der Waals surface area contributed by atoms with Gasteiger partial charge >= 0.3 is 0 Å². The van der Waals surface area contributed by atoms with Crippen LogP contribution in [0.25, 0.3) is 0 Å². The van der Waals surface area contributed by atoms with Crippen LogP contribution in [0.2, 0.25) is 0 Å². The molecule has 0 fully saturated rings. The Kier molecular flexibility index (Phi) is 1.91. The smallest absolute Gasteiger partial charge is 0.166 e. The van der Waals surface area contributed by atoms with E-state index in [1.165, 1.54) is 0 Å². The Morgan fingerprint density at radius 1 is 1.31 bits per heavy atom. The lowest BCUT2D eigenvalue weighted by molar-refractivity contribution is 0.0968. The van der Waals surface area contributed by atoms with Crippen molar-refractivity contribution in [2.24, 2.45) is 0 Å². The van der Waals surface area contributed by atoms with E-state index in [1.54, 1.807) is 13.0 Å². The van der Waals surface area contributed by atoms with Gasteiger partial charge in [0.15, 0.2) is 5.78 Å². The molecule has 1 aliphatic carbocycles. The zero-order valence-corrected chi connectivity index (χ0v) is 7.56. The zero-order chi connectivity index (χ0) is 9.42. The summed E-state index contributed by atoms with van der Waals surface area (Å²) in [6.07, 6.45) is 2.18. The van der Waals surface area contributed by atoms with Gasteiger partial charge in [0.1, 0.15) is 5.82 Å². The first-order valence-corrected chi connectivity index (χ1v) is 4.51. The first kappa shape index (κ1) is 8.42. The van der Waals surface area contributed by atoms with Crippen LogP contribution in [0.1, 0.15) is 34.3 Å². The molecule has 68 valence electrons. The summed E-state index contributed by atoms with van der Waals surface area (Å²) < 4.78 is 13.5. The molecule has 0 unspecified atom stereocenters.